The molecule has 22 heavy (non-hydrogen) atoms. The van der Waals surface area contributed by atoms with E-state index in [1.165, 1.54) is 5.56 Å². The quantitative estimate of drug-likeness (QED) is 0.849. The van der Waals surface area contributed by atoms with Crippen molar-refractivity contribution in [1.82, 2.24) is 5.32 Å². The summed E-state index contributed by atoms with van der Waals surface area (Å²) in [5.74, 6) is 2.15. The molecule has 0 unspecified atom stereocenters. The topological polar surface area (TPSA) is 38.3 Å². The van der Waals surface area contributed by atoms with E-state index in [0.29, 0.717) is 12.3 Å². The summed E-state index contributed by atoms with van der Waals surface area (Å²) in [5.41, 5.74) is 3.44. The molecule has 0 fully saturated rings. The molecule has 0 saturated carbocycles. The van der Waals surface area contributed by atoms with Crippen LogP contribution >= 0.6 is 11.8 Å². The number of hydrogen-bond donors (Lipinski definition) is 1. The summed E-state index contributed by atoms with van der Waals surface area (Å²) < 4.78 is 5.35. The third kappa shape index (κ3) is 5.11. The molecule has 0 aliphatic heterocycles. The third-order valence-corrected chi connectivity index (χ3v) is 4.24. The first-order valence-corrected chi connectivity index (χ1v) is 8.36. The van der Waals surface area contributed by atoms with E-state index < -0.39 is 0 Å². The minimum Gasteiger partial charge on any atom is -0.496 e. The Balaban J connectivity index is 1.76. The van der Waals surface area contributed by atoms with E-state index in [2.05, 4.69) is 18.3 Å². The van der Waals surface area contributed by atoms with Gasteiger partial charge in [-0.3, -0.25) is 4.79 Å². The molecule has 0 radical (unpaired) electrons. The summed E-state index contributed by atoms with van der Waals surface area (Å²) in [5, 5.41) is 2.93. The third-order valence-electron chi connectivity index (χ3n) is 3.26. The molecule has 0 aliphatic rings. The highest BCUT2D eigenvalue weighted by Crippen LogP contribution is 2.24. The molecule has 0 atom stereocenters. The molecule has 2 rings (SSSR count). The van der Waals surface area contributed by atoms with Crippen molar-refractivity contribution in [2.45, 2.75) is 19.2 Å². The molecule has 3 nitrogen and oxygen atoms in total. The highest BCUT2D eigenvalue weighted by Gasteiger charge is 2.06. The van der Waals surface area contributed by atoms with Crippen LogP contribution in [0.25, 0.3) is 0 Å². The average Bonchev–Trinajstić information content (AvgIpc) is 2.54. The van der Waals surface area contributed by atoms with Gasteiger partial charge in [-0.1, -0.05) is 48.0 Å². The van der Waals surface area contributed by atoms with Crippen molar-refractivity contribution >= 4 is 17.7 Å². The zero-order valence-corrected chi connectivity index (χ0v) is 13.8. The van der Waals surface area contributed by atoms with Gasteiger partial charge in [0.05, 0.1) is 12.9 Å². The predicted octanol–water partition coefficient (Wildman–Crippen LogP) is 3.55. The Kier molecular flexibility index (Phi) is 6.34. The van der Waals surface area contributed by atoms with Crippen LogP contribution in [0.4, 0.5) is 0 Å². The number of carbonyl (C=O) groups excluding carboxylic acids is 1. The lowest BCUT2D eigenvalue weighted by molar-refractivity contribution is -0.118. The van der Waals surface area contributed by atoms with Gasteiger partial charge in [-0.15, -0.1) is 11.8 Å². The monoisotopic (exact) mass is 315 g/mol. The van der Waals surface area contributed by atoms with Crippen LogP contribution in [-0.2, 0) is 17.1 Å². The summed E-state index contributed by atoms with van der Waals surface area (Å²) in [7, 11) is 1.67. The summed E-state index contributed by atoms with van der Waals surface area (Å²) >= 11 is 1.60. The van der Waals surface area contributed by atoms with Crippen molar-refractivity contribution in [3.05, 3.63) is 65.2 Å². The van der Waals surface area contributed by atoms with Crippen LogP contribution in [0.2, 0.25) is 0 Å². The minimum atomic E-state index is 0.0560. The molecule has 0 bridgehead atoms. The van der Waals surface area contributed by atoms with Gasteiger partial charge < -0.3 is 10.1 Å². The molecule has 2 aromatic carbocycles. The van der Waals surface area contributed by atoms with Crippen LogP contribution in [0.1, 0.15) is 16.7 Å². The number of methoxy groups -OCH3 is 1. The van der Waals surface area contributed by atoms with E-state index in [-0.39, 0.29) is 5.91 Å². The molecule has 2 aromatic rings. The van der Waals surface area contributed by atoms with Gasteiger partial charge in [0.25, 0.3) is 0 Å². The fourth-order valence-electron chi connectivity index (χ4n) is 2.12. The summed E-state index contributed by atoms with van der Waals surface area (Å²) in [6, 6.07) is 16.0. The van der Waals surface area contributed by atoms with Crippen LogP contribution in [0.5, 0.6) is 5.75 Å². The number of benzene rings is 2. The number of thioether (sulfide) groups is 1. The smallest absolute Gasteiger partial charge is 0.230 e. The van der Waals surface area contributed by atoms with Crippen molar-refractivity contribution in [3.63, 3.8) is 0 Å². The highest BCUT2D eigenvalue weighted by molar-refractivity contribution is 7.99. The van der Waals surface area contributed by atoms with Gasteiger partial charge in [0.2, 0.25) is 5.91 Å². The molecule has 0 aromatic heterocycles. The van der Waals surface area contributed by atoms with E-state index in [1.54, 1.807) is 18.9 Å². The Bertz CT molecular complexity index is 614. The molecule has 4 heteroatoms. The van der Waals surface area contributed by atoms with Crippen molar-refractivity contribution in [1.29, 1.82) is 0 Å². The second-order valence-electron chi connectivity index (χ2n) is 5.07. The number of aryl methyl sites for hydroxylation is 1. The molecule has 1 N–H and O–H groups in total. The molecule has 116 valence electrons. The zero-order valence-electron chi connectivity index (χ0n) is 13.0. The van der Waals surface area contributed by atoms with Crippen LogP contribution < -0.4 is 10.1 Å². The zero-order chi connectivity index (χ0) is 15.8. The fourth-order valence-corrected chi connectivity index (χ4v) is 2.96. The first-order chi connectivity index (χ1) is 10.7. The number of nitrogens with one attached hydrogen (secondary N) is 1. The normalized spacial score (nSPS) is 10.3. The van der Waals surface area contributed by atoms with Crippen LogP contribution in [0.15, 0.2) is 48.5 Å². The van der Waals surface area contributed by atoms with Gasteiger partial charge in [-0.25, -0.2) is 0 Å². The Morgan fingerprint density at radius 3 is 2.68 bits per heavy atom. The second kappa shape index (κ2) is 8.49. The lowest BCUT2D eigenvalue weighted by Crippen LogP contribution is -2.24. The number of hydrogen-bond acceptors (Lipinski definition) is 3. The molecule has 0 aliphatic carbocycles. The number of rotatable bonds is 7. The molecule has 0 saturated heterocycles. The van der Waals surface area contributed by atoms with Crippen LogP contribution in [0, 0.1) is 6.92 Å². The largest absolute Gasteiger partial charge is 0.496 e. The van der Waals surface area contributed by atoms with Gasteiger partial charge in [0.1, 0.15) is 5.75 Å². The van der Waals surface area contributed by atoms with Crippen LogP contribution in [-0.4, -0.2) is 18.8 Å². The first-order valence-electron chi connectivity index (χ1n) is 7.21. The molecule has 0 heterocycles. The highest BCUT2D eigenvalue weighted by atomic mass is 32.2. The summed E-state index contributed by atoms with van der Waals surface area (Å²) in [6.07, 6.45) is 0. The summed E-state index contributed by atoms with van der Waals surface area (Å²) in [4.78, 5) is 11.9. The van der Waals surface area contributed by atoms with Gasteiger partial charge in [-0.05, 0) is 18.6 Å². The molecular formula is C18H21NO2S. The van der Waals surface area contributed by atoms with E-state index in [4.69, 9.17) is 4.74 Å². The van der Waals surface area contributed by atoms with E-state index in [0.717, 1.165) is 22.6 Å². The Hall–Kier alpha value is -1.94. The predicted molar refractivity (Wildman–Crippen MR) is 92.2 cm³/mol. The van der Waals surface area contributed by atoms with Gasteiger partial charge >= 0.3 is 0 Å². The Morgan fingerprint density at radius 2 is 1.95 bits per heavy atom. The maximum atomic E-state index is 11.9. The maximum Gasteiger partial charge on any atom is 0.230 e. The number of ether oxygens (including phenoxy) is 1. The van der Waals surface area contributed by atoms with Crippen LogP contribution in [0.3, 0.4) is 0 Å². The fraction of sp³-hybridized carbons (Fsp3) is 0.278. The van der Waals surface area contributed by atoms with Crippen molar-refractivity contribution < 1.29 is 9.53 Å². The van der Waals surface area contributed by atoms with Crippen molar-refractivity contribution in [2.75, 3.05) is 12.9 Å². The number of carbonyl (C=O) groups is 1. The van der Waals surface area contributed by atoms with E-state index >= 15 is 0 Å². The lowest BCUT2D eigenvalue weighted by atomic mass is 10.1. The molecule has 1 amide bonds. The maximum absolute atomic E-state index is 11.9. The second-order valence-corrected chi connectivity index (χ2v) is 6.06. The van der Waals surface area contributed by atoms with E-state index in [1.807, 2.05) is 42.5 Å². The van der Waals surface area contributed by atoms with Crippen molar-refractivity contribution in [2.24, 2.45) is 0 Å². The lowest BCUT2D eigenvalue weighted by Gasteiger charge is -2.09. The molecular weight excluding hydrogens is 294 g/mol. The van der Waals surface area contributed by atoms with Crippen molar-refractivity contribution in [3.8, 4) is 5.75 Å². The summed E-state index contributed by atoms with van der Waals surface area (Å²) in [6.45, 7) is 2.63. The van der Waals surface area contributed by atoms with E-state index in [9.17, 15) is 4.79 Å². The SMILES string of the molecule is COc1ccc(C)cc1CSCC(=O)NCc1ccccc1. The Labute approximate surface area is 136 Å². The number of amides is 1. The standard InChI is InChI=1S/C18H21NO2S/c1-14-8-9-17(21-2)16(10-14)12-22-13-18(20)19-11-15-6-4-3-5-7-15/h3-10H,11-13H2,1-2H3,(H,19,20). The van der Waals surface area contributed by atoms with Gasteiger partial charge in [0, 0.05) is 17.9 Å². The molecule has 0 spiro atoms. The van der Waals surface area contributed by atoms with Gasteiger partial charge in [-0.2, -0.15) is 0 Å². The Morgan fingerprint density at radius 1 is 1.18 bits per heavy atom. The average molecular weight is 315 g/mol. The van der Waals surface area contributed by atoms with Gasteiger partial charge in [0.15, 0.2) is 0 Å². The first kappa shape index (κ1) is 16.4. The minimum absolute atomic E-state index is 0.0560.